The maximum absolute atomic E-state index is 5.88. The van der Waals surface area contributed by atoms with E-state index in [4.69, 9.17) is 9.47 Å². The summed E-state index contributed by atoms with van der Waals surface area (Å²) in [6.07, 6.45) is 4.36. The van der Waals surface area contributed by atoms with Gasteiger partial charge in [0.15, 0.2) is 0 Å². The molecule has 0 bridgehead atoms. The van der Waals surface area contributed by atoms with Gasteiger partial charge in [-0.15, -0.1) is 0 Å². The largest absolute Gasteiger partial charge is 0.376 e. The normalized spacial score (nSPS) is 33.2. The predicted octanol–water partition coefficient (Wildman–Crippen LogP) is 3.25. The van der Waals surface area contributed by atoms with Gasteiger partial charge in [0.25, 0.3) is 0 Å². The molecule has 3 unspecified atom stereocenters. The highest BCUT2D eigenvalue weighted by atomic mass is 16.5. The average Bonchev–Trinajstić information content (AvgIpc) is 2.62. The molecule has 0 aromatic rings. The van der Waals surface area contributed by atoms with E-state index in [1.807, 2.05) is 0 Å². The molecule has 15 heavy (non-hydrogen) atoms. The lowest BCUT2D eigenvalue weighted by Gasteiger charge is -2.28. The van der Waals surface area contributed by atoms with E-state index in [0.29, 0.717) is 18.1 Å². The Morgan fingerprint density at radius 3 is 2.27 bits per heavy atom. The second-order valence-corrected chi connectivity index (χ2v) is 4.54. The molecule has 0 aromatic carbocycles. The molecule has 1 aliphatic rings. The third-order valence-corrected chi connectivity index (χ3v) is 3.69. The Morgan fingerprint density at radius 2 is 1.73 bits per heavy atom. The zero-order chi connectivity index (χ0) is 11.3. The molecule has 0 aliphatic heterocycles. The monoisotopic (exact) mass is 214 g/mol. The van der Waals surface area contributed by atoms with Crippen LogP contribution in [-0.2, 0) is 9.47 Å². The molecule has 0 saturated heterocycles. The molecule has 90 valence electrons. The van der Waals surface area contributed by atoms with Crippen LogP contribution in [0.4, 0.5) is 0 Å². The van der Waals surface area contributed by atoms with Crippen molar-refractivity contribution in [2.45, 2.75) is 59.2 Å². The highest BCUT2D eigenvalue weighted by molar-refractivity contribution is 4.89. The van der Waals surface area contributed by atoms with Crippen LogP contribution in [0.5, 0.6) is 0 Å². The van der Waals surface area contributed by atoms with Gasteiger partial charge in [0.1, 0.15) is 0 Å². The Labute approximate surface area is 94.3 Å². The molecule has 0 N–H and O–H groups in total. The number of hydrogen-bond acceptors (Lipinski definition) is 2. The summed E-state index contributed by atoms with van der Waals surface area (Å²) >= 11 is 0. The molecule has 0 aromatic heterocycles. The highest BCUT2D eigenvalue weighted by Crippen LogP contribution is 2.37. The number of ether oxygens (including phenoxy) is 2. The van der Waals surface area contributed by atoms with Crippen molar-refractivity contribution in [2.24, 2.45) is 11.8 Å². The molecule has 1 aliphatic carbocycles. The van der Waals surface area contributed by atoms with Crippen molar-refractivity contribution in [3.05, 3.63) is 0 Å². The van der Waals surface area contributed by atoms with Gasteiger partial charge in [-0.1, -0.05) is 20.3 Å². The van der Waals surface area contributed by atoms with Gasteiger partial charge in [0.2, 0.25) is 0 Å². The van der Waals surface area contributed by atoms with E-state index < -0.39 is 0 Å². The molecule has 0 spiro atoms. The zero-order valence-electron chi connectivity index (χ0n) is 10.7. The first kappa shape index (κ1) is 13.0. The Morgan fingerprint density at radius 1 is 1.07 bits per heavy atom. The summed E-state index contributed by atoms with van der Waals surface area (Å²) in [6, 6.07) is 0. The fourth-order valence-electron chi connectivity index (χ4n) is 2.69. The molecule has 2 heteroatoms. The van der Waals surface area contributed by atoms with Crippen molar-refractivity contribution in [3.63, 3.8) is 0 Å². The average molecular weight is 214 g/mol. The van der Waals surface area contributed by atoms with E-state index in [9.17, 15) is 0 Å². The van der Waals surface area contributed by atoms with Crippen molar-refractivity contribution < 1.29 is 9.47 Å². The highest BCUT2D eigenvalue weighted by Gasteiger charge is 2.39. The van der Waals surface area contributed by atoms with Gasteiger partial charge < -0.3 is 9.47 Å². The summed E-state index contributed by atoms with van der Waals surface area (Å²) in [4.78, 5) is 0. The van der Waals surface area contributed by atoms with Crippen LogP contribution in [0, 0.1) is 11.8 Å². The standard InChI is InChI=1S/C13H26O2/c1-5-10(4)11-8-9-12(14-6-2)13(11)15-7-3/h10-13H,5-9H2,1-4H3/t10?,11?,12?,13-/m1/s1. The SMILES string of the molecule is CCOC1CCC(C(C)CC)[C@H]1OCC. The van der Waals surface area contributed by atoms with Crippen LogP contribution in [0.2, 0.25) is 0 Å². The molecule has 0 radical (unpaired) electrons. The van der Waals surface area contributed by atoms with Crippen LogP contribution in [0.3, 0.4) is 0 Å². The molecule has 1 saturated carbocycles. The minimum absolute atomic E-state index is 0.338. The van der Waals surface area contributed by atoms with Crippen LogP contribution in [0.25, 0.3) is 0 Å². The summed E-state index contributed by atoms with van der Waals surface area (Å²) in [6.45, 7) is 10.4. The van der Waals surface area contributed by atoms with Gasteiger partial charge in [0.05, 0.1) is 12.2 Å². The second kappa shape index (κ2) is 6.49. The molecule has 0 heterocycles. The Kier molecular flexibility index (Phi) is 5.62. The van der Waals surface area contributed by atoms with Gasteiger partial charge in [0, 0.05) is 13.2 Å². The van der Waals surface area contributed by atoms with Gasteiger partial charge in [-0.25, -0.2) is 0 Å². The Bertz CT molecular complexity index is 170. The van der Waals surface area contributed by atoms with Gasteiger partial charge in [-0.3, -0.25) is 0 Å². The lowest BCUT2D eigenvalue weighted by atomic mass is 9.88. The third-order valence-electron chi connectivity index (χ3n) is 3.69. The molecule has 2 nitrogen and oxygen atoms in total. The topological polar surface area (TPSA) is 18.5 Å². The molecule has 1 rings (SSSR count). The fraction of sp³-hybridized carbons (Fsp3) is 1.00. The maximum Gasteiger partial charge on any atom is 0.0867 e. The maximum atomic E-state index is 5.88. The summed E-state index contributed by atoms with van der Waals surface area (Å²) in [5.74, 6) is 1.46. The fourth-order valence-corrected chi connectivity index (χ4v) is 2.69. The molecule has 4 atom stereocenters. The quantitative estimate of drug-likeness (QED) is 0.675. The second-order valence-electron chi connectivity index (χ2n) is 4.54. The van der Waals surface area contributed by atoms with E-state index in [1.165, 1.54) is 19.3 Å². The van der Waals surface area contributed by atoms with Crippen molar-refractivity contribution in [3.8, 4) is 0 Å². The van der Waals surface area contributed by atoms with Crippen molar-refractivity contribution in [1.29, 1.82) is 0 Å². The number of rotatable bonds is 6. The van der Waals surface area contributed by atoms with Crippen molar-refractivity contribution in [2.75, 3.05) is 13.2 Å². The van der Waals surface area contributed by atoms with Crippen LogP contribution in [0.15, 0.2) is 0 Å². The third kappa shape index (κ3) is 3.18. The summed E-state index contributed by atoms with van der Waals surface area (Å²) in [5, 5.41) is 0. The van der Waals surface area contributed by atoms with E-state index in [1.54, 1.807) is 0 Å². The van der Waals surface area contributed by atoms with E-state index in [0.717, 1.165) is 19.1 Å². The van der Waals surface area contributed by atoms with E-state index in [2.05, 4.69) is 27.7 Å². The minimum Gasteiger partial charge on any atom is -0.376 e. The van der Waals surface area contributed by atoms with Crippen molar-refractivity contribution in [1.82, 2.24) is 0 Å². The summed E-state index contributed by atoms with van der Waals surface area (Å²) in [7, 11) is 0. The van der Waals surface area contributed by atoms with E-state index in [-0.39, 0.29) is 0 Å². The number of hydrogen-bond donors (Lipinski definition) is 0. The Balaban J connectivity index is 2.57. The van der Waals surface area contributed by atoms with Gasteiger partial charge >= 0.3 is 0 Å². The Hall–Kier alpha value is -0.0800. The van der Waals surface area contributed by atoms with Crippen LogP contribution >= 0.6 is 0 Å². The smallest absolute Gasteiger partial charge is 0.0867 e. The van der Waals surface area contributed by atoms with Crippen LogP contribution in [0.1, 0.15) is 47.0 Å². The lowest BCUT2D eigenvalue weighted by molar-refractivity contribution is -0.0727. The van der Waals surface area contributed by atoms with Crippen molar-refractivity contribution >= 4 is 0 Å². The zero-order valence-corrected chi connectivity index (χ0v) is 10.7. The molecular formula is C13H26O2. The molecule has 0 amide bonds. The first-order valence-electron chi connectivity index (χ1n) is 6.47. The first-order valence-corrected chi connectivity index (χ1v) is 6.47. The lowest BCUT2D eigenvalue weighted by Crippen LogP contribution is -2.33. The van der Waals surface area contributed by atoms with Gasteiger partial charge in [-0.05, 0) is 38.5 Å². The summed E-state index contributed by atoms with van der Waals surface area (Å²) < 4.78 is 11.6. The predicted molar refractivity (Wildman–Crippen MR) is 63.0 cm³/mol. The summed E-state index contributed by atoms with van der Waals surface area (Å²) in [5.41, 5.74) is 0. The molecular weight excluding hydrogens is 188 g/mol. The van der Waals surface area contributed by atoms with E-state index >= 15 is 0 Å². The minimum atomic E-state index is 0.338. The molecule has 1 fully saturated rings. The van der Waals surface area contributed by atoms with Crippen LogP contribution in [-0.4, -0.2) is 25.4 Å². The van der Waals surface area contributed by atoms with Gasteiger partial charge in [-0.2, -0.15) is 0 Å². The van der Waals surface area contributed by atoms with Crippen LogP contribution < -0.4 is 0 Å². The first-order chi connectivity index (χ1) is 7.24.